The first-order chi connectivity index (χ1) is 13.7. The van der Waals surface area contributed by atoms with E-state index in [0.29, 0.717) is 30.0 Å². The van der Waals surface area contributed by atoms with Gasteiger partial charge in [-0.15, -0.1) is 0 Å². The zero-order valence-corrected chi connectivity index (χ0v) is 15.7. The van der Waals surface area contributed by atoms with Crippen LogP contribution in [0.4, 0.5) is 0 Å². The Hall–Kier alpha value is -3.17. The summed E-state index contributed by atoms with van der Waals surface area (Å²) in [6.45, 7) is 3.78. The van der Waals surface area contributed by atoms with Gasteiger partial charge in [0.05, 0.1) is 17.2 Å². The van der Waals surface area contributed by atoms with Crippen molar-refractivity contribution >= 4 is 12.2 Å². The average Bonchev–Trinajstić information content (AvgIpc) is 2.98. The van der Waals surface area contributed by atoms with Gasteiger partial charge < -0.3 is 9.64 Å². The second-order valence-electron chi connectivity index (χ2n) is 6.76. The van der Waals surface area contributed by atoms with Crippen LogP contribution in [0, 0.1) is 11.3 Å². The van der Waals surface area contributed by atoms with Crippen molar-refractivity contribution < 1.29 is 14.3 Å². The van der Waals surface area contributed by atoms with Crippen molar-refractivity contribution in [2.75, 3.05) is 32.8 Å². The maximum absolute atomic E-state index is 12.5. The largest absolute Gasteiger partial charge is 0.483 e. The van der Waals surface area contributed by atoms with E-state index in [4.69, 9.17) is 10.00 Å². The number of hydrogen-bond acceptors (Lipinski definition) is 5. The summed E-state index contributed by atoms with van der Waals surface area (Å²) in [6.07, 6.45) is 1.62. The molecule has 0 radical (unpaired) electrons. The van der Waals surface area contributed by atoms with Gasteiger partial charge in [0.25, 0.3) is 5.91 Å². The van der Waals surface area contributed by atoms with Gasteiger partial charge in [-0.2, -0.15) is 5.26 Å². The van der Waals surface area contributed by atoms with Crippen molar-refractivity contribution in [1.29, 1.82) is 5.26 Å². The van der Waals surface area contributed by atoms with Crippen LogP contribution in [0.3, 0.4) is 0 Å². The Labute approximate surface area is 164 Å². The Morgan fingerprint density at radius 1 is 1.07 bits per heavy atom. The van der Waals surface area contributed by atoms with Crippen molar-refractivity contribution in [2.24, 2.45) is 0 Å². The molecule has 0 spiro atoms. The summed E-state index contributed by atoms with van der Waals surface area (Å²) < 4.78 is 5.57. The molecule has 1 fully saturated rings. The van der Waals surface area contributed by atoms with Gasteiger partial charge in [0.2, 0.25) is 0 Å². The predicted octanol–water partition coefficient (Wildman–Crippen LogP) is 2.48. The number of aldehydes is 1. The quantitative estimate of drug-likeness (QED) is 0.723. The Morgan fingerprint density at radius 3 is 2.61 bits per heavy atom. The summed E-state index contributed by atoms with van der Waals surface area (Å²) in [7, 11) is 0. The first-order valence-corrected chi connectivity index (χ1v) is 9.36. The van der Waals surface area contributed by atoms with Crippen LogP contribution in [0.5, 0.6) is 5.75 Å². The van der Waals surface area contributed by atoms with Crippen LogP contribution >= 0.6 is 0 Å². The number of ether oxygens (including phenoxy) is 1. The van der Waals surface area contributed by atoms with Crippen LogP contribution in [0.2, 0.25) is 0 Å². The zero-order chi connectivity index (χ0) is 19.8. The minimum absolute atomic E-state index is 0.0686. The number of carbonyl (C=O) groups excluding carboxylic acids is 2. The van der Waals surface area contributed by atoms with Crippen LogP contribution < -0.4 is 4.74 Å². The second-order valence-corrected chi connectivity index (χ2v) is 6.76. The summed E-state index contributed by atoms with van der Waals surface area (Å²) in [5.74, 6) is 0.365. The van der Waals surface area contributed by atoms with Crippen molar-refractivity contribution in [3.63, 3.8) is 0 Å². The van der Waals surface area contributed by atoms with Crippen molar-refractivity contribution in [2.45, 2.75) is 13.0 Å². The molecule has 144 valence electrons. The molecule has 2 aromatic rings. The van der Waals surface area contributed by atoms with E-state index in [1.807, 2.05) is 29.2 Å². The lowest BCUT2D eigenvalue weighted by atomic mass is 10.1. The molecule has 0 saturated carbocycles. The Morgan fingerprint density at radius 2 is 1.86 bits per heavy atom. The average molecular weight is 377 g/mol. The van der Waals surface area contributed by atoms with E-state index in [9.17, 15) is 9.59 Å². The lowest BCUT2D eigenvalue weighted by Crippen LogP contribution is -2.38. The van der Waals surface area contributed by atoms with Gasteiger partial charge in [0, 0.05) is 32.7 Å². The molecule has 0 atom stereocenters. The summed E-state index contributed by atoms with van der Waals surface area (Å²) in [4.78, 5) is 27.7. The molecule has 2 aromatic carbocycles. The predicted molar refractivity (Wildman–Crippen MR) is 105 cm³/mol. The van der Waals surface area contributed by atoms with Crippen LogP contribution in [0.1, 0.15) is 27.9 Å². The Bertz CT molecular complexity index is 858. The molecule has 1 aliphatic heterocycles. The Kier molecular flexibility index (Phi) is 6.77. The molecule has 6 nitrogen and oxygen atoms in total. The molecule has 1 heterocycles. The molecule has 0 bridgehead atoms. The third-order valence-electron chi connectivity index (χ3n) is 4.83. The first-order valence-electron chi connectivity index (χ1n) is 9.36. The van der Waals surface area contributed by atoms with Gasteiger partial charge in [-0.3, -0.25) is 14.5 Å². The molecule has 6 heteroatoms. The fraction of sp³-hybridized carbons (Fsp3) is 0.318. The highest BCUT2D eigenvalue weighted by molar-refractivity contribution is 5.80. The van der Waals surface area contributed by atoms with E-state index in [2.05, 4.69) is 11.0 Å². The normalized spacial score (nSPS) is 14.8. The molecule has 0 N–H and O–H groups in total. The van der Waals surface area contributed by atoms with E-state index in [-0.39, 0.29) is 12.5 Å². The summed E-state index contributed by atoms with van der Waals surface area (Å²) >= 11 is 0. The maximum Gasteiger partial charge on any atom is 0.260 e. The fourth-order valence-corrected chi connectivity index (χ4v) is 3.26. The van der Waals surface area contributed by atoms with Gasteiger partial charge in [-0.25, -0.2) is 0 Å². The summed E-state index contributed by atoms with van der Waals surface area (Å²) in [5.41, 5.74) is 2.26. The van der Waals surface area contributed by atoms with Gasteiger partial charge in [-0.1, -0.05) is 24.3 Å². The van der Waals surface area contributed by atoms with Crippen LogP contribution in [-0.2, 0) is 11.3 Å². The van der Waals surface area contributed by atoms with Crippen LogP contribution in [-0.4, -0.2) is 54.8 Å². The molecule has 0 unspecified atom stereocenters. The zero-order valence-electron chi connectivity index (χ0n) is 15.7. The van der Waals surface area contributed by atoms with Gasteiger partial charge in [0.15, 0.2) is 12.9 Å². The molecular formula is C22H23N3O3. The van der Waals surface area contributed by atoms with Gasteiger partial charge in [-0.05, 0) is 36.2 Å². The van der Waals surface area contributed by atoms with Gasteiger partial charge >= 0.3 is 0 Å². The van der Waals surface area contributed by atoms with E-state index in [0.717, 1.165) is 37.9 Å². The molecular weight excluding hydrogens is 354 g/mol. The third-order valence-corrected chi connectivity index (χ3v) is 4.83. The summed E-state index contributed by atoms with van der Waals surface area (Å²) in [5, 5.41) is 8.89. The maximum atomic E-state index is 12.5. The molecule has 0 aromatic heterocycles. The van der Waals surface area contributed by atoms with E-state index < -0.39 is 0 Å². The molecule has 1 amide bonds. The van der Waals surface area contributed by atoms with Crippen molar-refractivity contribution in [3.8, 4) is 11.8 Å². The number of rotatable bonds is 6. The van der Waals surface area contributed by atoms with Crippen molar-refractivity contribution in [3.05, 3.63) is 65.2 Å². The SMILES string of the molecule is N#Cc1ccc(CN2CCCN(C(=O)COc3ccccc3C=O)CC2)cc1. The highest BCUT2D eigenvalue weighted by Crippen LogP contribution is 2.16. The molecule has 1 aliphatic rings. The van der Waals surface area contributed by atoms with Crippen molar-refractivity contribution in [1.82, 2.24) is 9.80 Å². The van der Waals surface area contributed by atoms with E-state index in [1.54, 1.807) is 24.3 Å². The monoisotopic (exact) mass is 377 g/mol. The minimum Gasteiger partial charge on any atom is -0.483 e. The molecule has 3 rings (SSSR count). The second kappa shape index (κ2) is 9.67. The van der Waals surface area contributed by atoms with Crippen LogP contribution in [0.15, 0.2) is 48.5 Å². The standard InChI is InChI=1S/C22H23N3O3/c23-14-18-6-8-19(9-7-18)15-24-10-3-11-25(13-12-24)22(27)17-28-21-5-2-1-4-20(21)16-26/h1-2,4-9,16H,3,10-13,15,17H2. The number of nitriles is 1. The molecule has 28 heavy (non-hydrogen) atoms. The smallest absolute Gasteiger partial charge is 0.260 e. The lowest BCUT2D eigenvalue weighted by molar-refractivity contribution is -0.133. The first kappa shape index (κ1) is 19.6. The van der Waals surface area contributed by atoms with Crippen LogP contribution in [0.25, 0.3) is 0 Å². The molecule has 0 aliphatic carbocycles. The topological polar surface area (TPSA) is 73.6 Å². The number of amides is 1. The lowest BCUT2D eigenvalue weighted by Gasteiger charge is -2.22. The number of nitrogens with zero attached hydrogens (tertiary/aromatic N) is 3. The van der Waals surface area contributed by atoms with E-state index in [1.165, 1.54) is 0 Å². The fourth-order valence-electron chi connectivity index (χ4n) is 3.26. The summed E-state index contributed by atoms with van der Waals surface area (Å²) in [6, 6.07) is 16.6. The number of para-hydroxylation sites is 1. The highest BCUT2D eigenvalue weighted by atomic mass is 16.5. The van der Waals surface area contributed by atoms with Gasteiger partial charge in [0.1, 0.15) is 5.75 Å². The minimum atomic E-state index is -0.0690. The third kappa shape index (κ3) is 5.18. The van der Waals surface area contributed by atoms with E-state index >= 15 is 0 Å². The Balaban J connectivity index is 1.50. The number of hydrogen-bond donors (Lipinski definition) is 0. The molecule has 1 saturated heterocycles. The highest BCUT2D eigenvalue weighted by Gasteiger charge is 2.20. The number of benzene rings is 2. The number of carbonyl (C=O) groups is 2.